The summed E-state index contributed by atoms with van der Waals surface area (Å²) in [6.07, 6.45) is 0. The lowest BCUT2D eigenvalue weighted by Gasteiger charge is -2.42. The van der Waals surface area contributed by atoms with Gasteiger partial charge in [-0.05, 0) is 92.0 Å². The average molecular weight is 1080 g/mol. The summed E-state index contributed by atoms with van der Waals surface area (Å²) in [6, 6.07) is 96.7. The lowest BCUT2D eigenvalue weighted by molar-refractivity contribution is 0.754. The maximum atomic E-state index is 5.40. The summed E-state index contributed by atoms with van der Waals surface area (Å²) >= 11 is 3.73. The van der Waals surface area contributed by atoms with Crippen molar-refractivity contribution in [2.45, 2.75) is 11.8 Å². The Morgan fingerprint density at radius 2 is 0.561 bits per heavy atom. The first kappa shape index (κ1) is 46.9. The van der Waals surface area contributed by atoms with Crippen LogP contribution in [0.1, 0.15) is 45.2 Å². The van der Waals surface area contributed by atoms with E-state index < -0.39 is 0 Å². The van der Waals surface area contributed by atoms with Gasteiger partial charge in [0.15, 0.2) is 11.6 Å². The molecule has 1 unspecified atom stereocenters. The van der Waals surface area contributed by atoms with Crippen molar-refractivity contribution in [2.24, 2.45) is 0 Å². The second-order valence-electron chi connectivity index (χ2n) is 21.6. The van der Waals surface area contributed by atoms with E-state index in [0.717, 1.165) is 56.2 Å². The van der Waals surface area contributed by atoms with Crippen molar-refractivity contribution in [2.75, 3.05) is 0 Å². The van der Waals surface area contributed by atoms with Gasteiger partial charge in [-0.15, -0.1) is 22.7 Å². The standard InChI is InChI=1S/C76H46N4S2/c1-3-15-47(16-4-1)65-43-67(49-33-29-45(30-34-49)53-23-13-25-61-55-19-9-11-27-69(55)81-73(53)61)79-75(77-65)51-37-39-59-63(41-51)71-57-21-7-8-22-58(57)72(59)64-42-52(38-40-60(64)71)76-78-66(48-17-5-2-6-18-48)44-68(80-76)50-35-31-46(32-36-50)54-24-14-26-62-56-20-10-12-28-70(56)82-74(54)62/h1-44,71-72H/t71-,72?/m1/s1. The normalized spacial score (nSPS) is 14.1. The molecule has 6 heteroatoms. The third kappa shape index (κ3) is 7.63. The Morgan fingerprint density at radius 3 is 0.988 bits per heavy atom. The van der Waals surface area contributed by atoms with Crippen LogP contribution in [0.15, 0.2) is 267 Å². The largest absolute Gasteiger partial charge is 0.228 e. The average Bonchev–Trinajstić information content (AvgIpc) is 1.41. The number of rotatable bonds is 8. The molecule has 0 fully saturated rings. The fraction of sp³-hybridized carbons (Fsp3) is 0.0263. The van der Waals surface area contributed by atoms with Gasteiger partial charge < -0.3 is 0 Å². The molecular weight excluding hydrogens is 1030 g/mol. The second-order valence-corrected chi connectivity index (χ2v) is 23.7. The van der Waals surface area contributed by atoms with E-state index in [2.05, 4.69) is 267 Å². The number of hydrogen-bond donors (Lipinski definition) is 0. The smallest absolute Gasteiger partial charge is 0.160 e. The minimum absolute atomic E-state index is 0.0268. The van der Waals surface area contributed by atoms with Crippen molar-refractivity contribution < 1.29 is 0 Å². The van der Waals surface area contributed by atoms with Crippen molar-refractivity contribution in [3.05, 3.63) is 300 Å². The second kappa shape index (κ2) is 18.8. The molecule has 3 aliphatic carbocycles. The summed E-state index contributed by atoms with van der Waals surface area (Å²) < 4.78 is 5.24. The fourth-order valence-electron chi connectivity index (χ4n) is 13.0. The van der Waals surface area contributed by atoms with Gasteiger partial charge in [-0.25, -0.2) is 19.9 Å². The molecule has 3 aliphatic rings. The van der Waals surface area contributed by atoms with Gasteiger partial charge in [0, 0.05) is 85.6 Å². The molecule has 0 spiro atoms. The molecule has 0 saturated heterocycles. The summed E-state index contributed by atoms with van der Waals surface area (Å²) in [4.78, 5) is 21.5. The Kier molecular flexibility index (Phi) is 10.8. The minimum Gasteiger partial charge on any atom is -0.228 e. The van der Waals surface area contributed by atoms with E-state index >= 15 is 0 Å². The summed E-state index contributed by atoms with van der Waals surface area (Å²) in [6.45, 7) is 0. The highest BCUT2D eigenvalue weighted by atomic mass is 32.1. The molecule has 0 radical (unpaired) electrons. The van der Waals surface area contributed by atoms with E-state index in [1.54, 1.807) is 0 Å². The van der Waals surface area contributed by atoms with Crippen LogP contribution in [0.3, 0.4) is 0 Å². The van der Waals surface area contributed by atoms with Crippen molar-refractivity contribution >= 4 is 63.0 Å². The third-order valence-corrected chi connectivity index (χ3v) is 19.4. The first-order valence-corrected chi connectivity index (χ1v) is 29.5. The quantitative estimate of drug-likeness (QED) is 0.152. The summed E-state index contributed by atoms with van der Waals surface area (Å²) in [5.41, 5.74) is 22.5. The number of thiophene rings is 2. The van der Waals surface area contributed by atoms with E-state index in [9.17, 15) is 0 Å². The van der Waals surface area contributed by atoms with E-state index in [4.69, 9.17) is 19.9 Å². The van der Waals surface area contributed by atoms with Crippen LogP contribution >= 0.6 is 22.7 Å². The molecule has 0 aliphatic heterocycles. The fourth-order valence-corrected chi connectivity index (χ4v) is 15.5. The molecule has 382 valence electrons. The van der Waals surface area contributed by atoms with Crippen molar-refractivity contribution in [3.8, 4) is 90.1 Å². The molecule has 18 rings (SSSR count). The molecular formula is C76H46N4S2. The SMILES string of the molecule is c1ccc(-c2cc(-c3ccc(-c4cccc5c4sc4ccccc45)cc3)nc(-c3ccc4c(c3)C3c5ccccc5[C@H]4c4cc(-c5nc(-c6ccccc6)cc(-c6ccc(-c7cccc8c7sc7ccccc78)cc6)n5)ccc43)n2)cc1. The molecule has 0 saturated carbocycles. The third-order valence-electron chi connectivity index (χ3n) is 16.9. The predicted octanol–water partition coefficient (Wildman–Crippen LogP) is 20.3. The van der Waals surface area contributed by atoms with Crippen LogP contribution in [0.25, 0.3) is 130 Å². The molecule has 82 heavy (non-hydrogen) atoms. The summed E-state index contributed by atoms with van der Waals surface area (Å²) in [5, 5.41) is 5.22. The Morgan fingerprint density at radius 1 is 0.232 bits per heavy atom. The molecule has 15 aromatic rings. The van der Waals surface area contributed by atoms with Crippen LogP contribution in [-0.2, 0) is 0 Å². The van der Waals surface area contributed by atoms with Gasteiger partial charge in [0.25, 0.3) is 0 Å². The lowest BCUT2D eigenvalue weighted by atomic mass is 9.61. The zero-order chi connectivity index (χ0) is 53.8. The van der Waals surface area contributed by atoms with E-state index in [1.807, 2.05) is 22.7 Å². The molecule has 11 aromatic carbocycles. The minimum atomic E-state index is 0.0268. The Balaban J connectivity index is 0.740. The van der Waals surface area contributed by atoms with E-state index in [-0.39, 0.29) is 11.8 Å². The number of hydrogen-bond acceptors (Lipinski definition) is 6. The van der Waals surface area contributed by atoms with Crippen LogP contribution in [-0.4, -0.2) is 19.9 Å². The highest BCUT2D eigenvalue weighted by Crippen LogP contribution is 2.57. The van der Waals surface area contributed by atoms with Crippen LogP contribution in [0.5, 0.6) is 0 Å². The Hall–Kier alpha value is -9.98. The molecule has 4 nitrogen and oxygen atoms in total. The van der Waals surface area contributed by atoms with Gasteiger partial charge in [-0.1, -0.05) is 231 Å². The first-order chi connectivity index (χ1) is 40.6. The Bertz CT molecular complexity index is 4720. The topological polar surface area (TPSA) is 51.6 Å². The maximum absolute atomic E-state index is 5.40. The van der Waals surface area contributed by atoms with Crippen LogP contribution in [0.2, 0.25) is 0 Å². The van der Waals surface area contributed by atoms with Gasteiger partial charge in [0.1, 0.15) is 0 Å². The summed E-state index contributed by atoms with van der Waals surface area (Å²) in [7, 11) is 0. The van der Waals surface area contributed by atoms with Crippen LogP contribution in [0, 0.1) is 0 Å². The molecule has 2 bridgehead atoms. The lowest BCUT2D eigenvalue weighted by Crippen LogP contribution is -2.27. The number of benzene rings is 11. The molecule has 4 aromatic heterocycles. The monoisotopic (exact) mass is 1080 g/mol. The van der Waals surface area contributed by atoms with Crippen LogP contribution in [0.4, 0.5) is 0 Å². The number of aromatic nitrogens is 4. The highest BCUT2D eigenvalue weighted by Gasteiger charge is 2.41. The zero-order valence-corrected chi connectivity index (χ0v) is 45.8. The van der Waals surface area contributed by atoms with E-state index in [0.29, 0.717) is 11.6 Å². The van der Waals surface area contributed by atoms with E-state index in [1.165, 1.54) is 96.0 Å². The Labute approximate surface area is 482 Å². The van der Waals surface area contributed by atoms with Gasteiger partial charge in [-0.3, -0.25) is 0 Å². The van der Waals surface area contributed by atoms with Gasteiger partial charge >= 0.3 is 0 Å². The van der Waals surface area contributed by atoms with Crippen LogP contribution < -0.4 is 0 Å². The molecule has 4 heterocycles. The first-order valence-electron chi connectivity index (χ1n) is 27.9. The maximum Gasteiger partial charge on any atom is 0.160 e. The van der Waals surface area contributed by atoms with Crippen molar-refractivity contribution in [1.29, 1.82) is 0 Å². The van der Waals surface area contributed by atoms with Gasteiger partial charge in [-0.2, -0.15) is 0 Å². The number of nitrogens with zero attached hydrogens (tertiary/aromatic N) is 4. The van der Waals surface area contributed by atoms with Gasteiger partial charge in [0.05, 0.1) is 22.8 Å². The molecule has 2 atom stereocenters. The zero-order valence-electron chi connectivity index (χ0n) is 44.2. The number of fused-ring (bicyclic) bond motifs is 6. The summed E-state index contributed by atoms with van der Waals surface area (Å²) in [5.74, 6) is 1.47. The van der Waals surface area contributed by atoms with Crippen molar-refractivity contribution in [3.63, 3.8) is 0 Å². The highest BCUT2D eigenvalue weighted by molar-refractivity contribution is 7.26. The predicted molar refractivity (Wildman–Crippen MR) is 342 cm³/mol. The van der Waals surface area contributed by atoms with Crippen molar-refractivity contribution in [1.82, 2.24) is 19.9 Å². The molecule has 0 amide bonds. The molecule has 0 N–H and O–H groups in total. The van der Waals surface area contributed by atoms with Gasteiger partial charge in [0.2, 0.25) is 0 Å².